The van der Waals surface area contributed by atoms with E-state index in [1.807, 2.05) is 0 Å². The molecule has 0 aromatic heterocycles. The van der Waals surface area contributed by atoms with Crippen LogP contribution in [0.25, 0.3) is 0 Å². The Balaban J connectivity index is 3.13. The summed E-state index contributed by atoms with van der Waals surface area (Å²) in [6, 6.07) is 2.40. The number of benzene rings is 1. The van der Waals surface area contributed by atoms with E-state index in [-0.39, 0.29) is 28.1 Å². The second kappa shape index (κ2) is 7.56. The third kappa shape index (κ3) is 5.27. The van der Waals surface area contributed by atoms with Crippen molar-refractivity contribution in [2.75, 3.05) is 18.5 Å². The molecule has 0 atom stereocenters. The number of hydrogen-bond donors (Lipinski definition) is 1. The summed E-state index contributed by atoms with van der Waals surface area (Å²) in [7, 11) is 1.40. The molecule has 0 bridgehead atoms. The van der Waals surface area contributed by atoms with Crippen molar-refractivity contribution in [2.24, 2.45) is 0 Å². The van der Waals surface area contributed by atoms with Gasteiger partial charge in [0.1, 0.15) is 11.4 Å². The van der Waals surface area contributed by atoms with Crippen LogP contribution >= 0.6 is 23.2 Å². The molecule has 0 heterocycles. The molecule has 122 valence electrons. The molecule has 8 heteroatoms. The maximum Gasteiger partial charge on any atom is 0.412 e. The van der Waals surface area contributed by atoms with E-state index in [0.717, 1.165) is 0 Å². The number of rotatable bonds is 4. The number of halogens is 2. The standard InChI is InChI=1S/C14H17Cl2NO5/c1-14(2,3)22-13(19)17-10-6-9(16)11(20-4)5-8(10)12(18)21-7-15/h5-6H,7H2,1-4H3,(H,17,19). The van der Waals surface area contributed by atoms with Crippen molar-refractivity contribution >= 4 is 41.0 Å². The van der Waals surface area contributed by atoms with E-state index in [0.29, 0.717) is 0 Å². The summed E-state index contributed by atoms with van der Waals surface area (Å²) in [6.45, 7) is 5.16. The molecule has 1 rings (SSSR count). The molecule has 0 aliphatic heterocycles. The first kappa shape index (κ1) is 18.4. The Labute approximate surface area is 138 Å². The van der Waals surface area contributed by atoms with Crippen molar-refractivity contribution < 1.29 is 23.8 Å². The molecule has 1 aromatic rings. The molecule has 0 aliphatic rings. The van der Waals surface area contributed by atoms with Crippen LogP contribution in [-0.2, 0) is 9.47 Å². The zero-order chi connectivity index (χ0) is 16.9. The molecule has 0 radical (unpaired) electrons. The van der Waals surface area contributed by atoms with Crippen molar-refractivity contribution in [1.82, 2.24) is 0 Å². The van der Waals surface area contributed by atoms with Crippen molar-refractivity contribution in [1.29, 1.82) is 0 Å². The number of hydrogen-bond acceptors (Lipinski definition) is 5. The summed E-state index contributed by atoms with van der Waals surface area (Å²) in [4.78, 5) is 23.8. The minimum Gasteiger partial charge on any atom is -0.495 e. The number of ether oxygens (including phenoxy) is 3. The second-order valence-electron chi connectivity index (χ2n) is 5.20. The Morgan fingerprint density at radius 1 is 1.27 bits per heavy atom. The lowest BCUT2D eigenvalue weighted by molar-refractivity contribution is 0.0575. The van der Waals surface area contributed by atoms with Gasteiger partial charge >= 0.3 is 12.1 Å². The van der Waals surface area contributed by atoms with E-state index in [9.17, 15) is 9.59 Å². The third-order valence-corrected chi connectivity index (χ3v) is 2.74. The minimum absolute atomic E-state index is 0.0489. The van der Waals surface area contributed by atoms with E-state index >= 15 is 0 Å². The number of amides is 1. The van der Waals surface area contributed by atoms with Crippen LogP contribution in [0.4, 0.5) is 10.5 Å². The summed E-state index contributed by atoms with van der Waals surface area (Å²) >= 11 is 11.4. The van der Waals surface area contributed by atoms with Crippen LogP contribution < -0.4 is 10.1 Å². The van der Waals surface area contributed by atoms with Gasteiger partial charge in [-0.3, -0.25) is 5.32 Å². The first-order valence-electron chi connectivity index (χ1n) is 6.28. The molecule has 0 aliphatic carbocycles. The number of esters is 1. The van der Waals surface area contributed by atoms with Gasteiger partial charge in [0.05, 0.1) is 23.4 Å². The Morgan fingerprint density at radius 2 is 1.91 bits per heavy atom. The highest BCUT2D eigenvalue weighted by atomic mass is 35.5. The van der Waals surface area contributed by atoms with Crippen LogP contribution in [0.3, 0.4) is 0 Å². The van der Waals surface area contributed by atoms with Crippen LogP contribution in [0.5, 0.6) is 5.75 Å². The van der Waals surface area contributed by atoms with Crippen molar-refractivity contribution in [3.05, 3.63) is 22.7 Å². The number of methoxy groups -OCH3 is 1. The van der Waals surface area contributed by atoms with E-state index < -0.39 is 17.7 Å². The Morgan fingerprint density at radius 3 is 2.41 bits per heavy atom. The van der Waals surface area contributed by atoms with Crippen molar-refractivity contribution in [3.63, 3.8) is 0 Å². The predicted octanol–water partition coefficient (Wildman–Crippen LogP) is 4.05. The molecule has 0 unspecified atom stereocenters. The molecule has 1 aromatic carbocycles. The van der Waals surface area contributed by atoms with Gasteiger partial charge in [0.15, 0.2) is 6.07 Å². The highest BCUT2D eigenvalue weighted by Gasteiger charge is 2.21. The van der Waals surface area contributed by atoms with Gasteiger partial charge in [-0.25, -0.2) is 9.59 Å². The Kier molecular flexibility index (Phi) is 6.32. The van der Waals surface area contributed by atoms with Gasteiger partial charge in [-0.1, -0.05) is 23.2 Å². The summed E-state index contributed by atoms with van der Waals surface area (Å²) in [5.74, 6) is -0.464. The maximum absolute atomic E-state index is 11.9. The molecule has 1 amide bonds. The number of carbonyl (C=O) groups excluding carboxylic acids is 2. The third-order valence-electron chi connectivity index (χ3n) is 2.33. The molecule has 0 saturated heterocycles. The lowest BCUT2D eigenvalue weighted by Crippen LogP contribution is -2.27. The monoisotopic (exact) mass is 349 g/mol. The molecular formula is C14H17Cl2NO5. The first-order valence-corrected chi connectivity index (χ1v) is 7.20. The highest BCUT2D eigenvalue weighted by Crippen LogP contribution is 2.32. The minimum atomic E-state index is -0.728. The lowest BCUT2D eigenvalue weighted by Gasteiger charge is -2.20. The number of anilines is 1. The normalized spacial score (nSPS) is 10.8. The van der Waals surface area contributed by atoms with Gasteiger partial charge in [0.2, 0.25) is 0 Å². The average Bonchev–Trinajstić information content (AvgIpc) is 2.36. The van der Waals surface area contributed by atoms with Gasteiger partial charge in [-0.05, 0) is 32.9 Å². The summed E-state index contributed by atoms with van der Waals surface area (Å²) < 4.78 is 14.9. The van der Waals surface area contributed by atoms with Crippen LogP contribution in [0.1, 0.15) is 31.1 Å². The first-order chi connectivity index (χ1) is 10.2. The largest absolute Gasteiger partial charge is 0.495 e. The molecule has 1 N–H and O–H groups in total. The predicted molar refractivity (Wildman–Crippen MR) is 84.0 cm³/mol. The summed E-state index contributed by atoms with van der Waals surface area (Å²) in [5.41, 5.74) is -0.500. The topological polar surface area (TPSA) is 73.9 Å². The van der Waals surface area contributed by atoms with Crippen molar-refractivity contribution in [3.8, 4) is 5.75 Å². The van der Waals surface area contributed by atoms with Crippen LogP contribution in [0.15, 0.2) is 12.1 Å². The van der Waals surface area contributed by atoms with Gasteiger partial charge in [0.25, 0.3) is 0 Å². The summed E-state index contributed by atoms with van der Waals surface area (Å²) in [5, 5.41) is 2.67. The molecule has 22 heavy (non-hydrogen) atoms. The zero-order valence-electron chi connectivity index (χ0n) is 12.7. The fraction of sp³-hybridized carbons (Fsp3) is 0.429. The van der Waals surface area contributed by atoms with E-state index in [4.69, 9.17) is 37.4 Å². The molecule has 0 spiro atoms. The van der Waals surface area contributed by atoms with Gasteiger partial charge < -0.3 is 14.2 Å². The van der Waals surface area contributed by atoms with E-state index in [1.54, 1.807) is 20.8 Å². The quantitative estimate of drug-likeness (QED) is 0.655. The molecule has 0 fully saturated rings. The number of nitrogens with one attached hydrogen (secondary N) is 1. The number of carbonyl (C=O) groups is 2. The second-order valence-corrected chi connectivity index (χ2v) is 5.83. The van der Waals surface area contributed by atoms with Crippen LogP contribution in [-0.4, -0.2) is 30.8 Å². The fourth-order valence-corrected chi connectivity index (χ4v) is 1.86. The van der Waals surface area contributed by atoms with Crippen molar-refractivity contribution in [2.45, 2.75) is 26.4 Å². The molecular weight excluding hydrogens is 333 g/mol. The highest BCUT2D eigenvalue weighted by molar-refractivity contribution is 6.32. The van der Waals surface area contributed by atoms with Gasteiger partial charge in [0, 0.05) is 0 Å². The smallest absolute Gasteiger partial charge is 0.412 e. The fourth-order valence-electron chi connectivity index (χ4n) is 1.52. The zero-order valence-corrected chi connectivity index (χ0v) is 14.2. The number of alkyl halides is 1. The van der Waals surface area contributed by atoms with Gasteiger partial charge in [-0.2, -0.15) is 0 Å². The summed E-state index contributed by atoms with van der Waals surface area (Å²) in [6.07, 6.45) is -0.728. The van der Waals surface area contributed by atoms with Gasteiger partial charge in [-0.15, -0.1) is 0 Å². The van der Waals surface area contributed by atoms with E-state index in [1.165, 1.54) is 19.2 Å². The SMILES string of the molecule is COc1cc(C(=O)OCCl)c(NC(=O)OC(C)(C)C)cc1Cl. The average molecular weight is 350 g/mol. The van der Waals surface area contributed by atoms with E-state index in [2.05, 4.69) is 5.32 Å². The molecule has 6 nitrogen and oxygen atoms in total. The molecule has 0 saturated carbocycles. The van der Waals surface area contributed by atoms with Crippen LogP contribution in [0.2, 0.25) is 5.02 Å². The maximum atomic E-state index is 11.9. The lowest BCUT2D eigenvalue weighted by atomic mass is 10.1. The Bertz CT molecular complexity index is 569. The van der Waals surface area contributed by atoms with Crippen LogP contribution in [0, 0.1) is 0 Å². The Hall–Kier alpha value is -1.66.